The van der Waals surface area contributed by atoms with E-state index in [0.717, 1.165) is 5.69 Å². The number of aryl methyl sites for hydroxylation is 1. The number of hydrogen-bond acceptors (Lipinski definition) is 5. The highest BCUT2D eigenvalue weighted by Crippen LogP contribution is 2.59. The second kappa shape index (κ2) is 7.55. The highest BCUT2D eigenvalue weighted by atomic mass is 31.2. The van der Waals surface area contributed by atoms with E-state index in [0.29, 0.717) is 39.4 Å². The van der Waals surface area contributed by atoms with Crippen LogP contribution in [-0.2, 0) is 14.9 Å². The fourth-order valence-electron chi connectivity index (χ4n) is 4.99. The molecule has 0 saturated carbocycles. The van der Waals surface area contributed by atoms with Crippen LogP contribution < -0.4 is 15.4 Å². The maximum atomic E-state index is 13.5. The first-order valence-electron chi connectivity index (χ1n) is 11.0. The van der Waals surface area contributed by atoms with Crippen molar-refractivity contribution in [2.45, 2.75) is 12.5 Å². The number of carbonyl (C=O) groups is 1. The van der Waals surface area contributed by atoms with Crippen molar-refractivity contribution in [1.29, 1.82) is 0 Å². The van der Waals surface area contributed by atoms with Gasteiger partial charge in [-0.2, -0.15) is 0 Å². The Morgan fingerprint density at radius 2 is 1.43 bits per heavy atom. The molecule has 2 aliphatic heterocycles. The molecule has 0 aromatic heterocycles. The molecule has 4 aromatic carbocycles. The smallest absolute Gasteiger partial charge is 0.357 e. The van der Waals surface area contributed by atoms with Crippen LogP contribution in [0.3, 0.4) is 0 Å². The third kappa shape index (κ3) is 3.13. The van der Waals surface area contributed by atoms with Crippen molar-refractivity contribution >= 4 is 30.2 Å². The Kier molecular flexibility index (Phi) is 4.66. The average molecular weight is 485 g/mol. The number of fused-ring (bicyclic) bond motifs is 6. The summed E-state index contributed by atoms with van der Waals surface area (Å²) in [4.78, 5) is 33.9. The van der Waals surface area contributed by atoms with Crippen molar-refractivity contribution in [3.8, 4) is 11.5 Å². The lowest BCUT2D eigenvalue weighted by Crippen LogP contribution is -2.33. The fourth-order valence-corrected chi connectivity index (χ4v) is 5.85. The molecule has 0 atom stereocenters. The van der Waals surface area contributed by atoms with Gasteiger partial charge in [-0.3, -0.25) is 4.57 Å². The minimum absolute atomic E-state index is 0.131. The summed E-state index contributed by atoms with van der Waals surface area (Å²) in [5.74, 6) is 0.189. The zero-order valence-electron chi connectivity index (χ0n) is 18.6. The van der Waals surface area contributed by atoms with Crippen molar-refractivity contribution in [1.82, 2.24) is 0 Å². The van der Waals surface area contributed by atoms with Crippen molar-refractivity contribution in [3.05, 3.63) is 113 Å². The van der Waals surface area contributed by atoms with Gasteiger partial charge < -0.3 is 24.6 Å². The van der Waals surface area contributed by atoms with Crippen molar-refractivity contribution in [2.75, 3.05) is 5.32 Å². The topological polar surface area (TPSA) is 105 Å². The highest BCUT2D eigenvalue weighted by Gasteiger charge is 2.56. The van der Waals surface area contributed by atoms with Gasteiger partial charge in [-0.1, -0.05) is 54.6 Å². The molecule has 6 rings (SSSR count). The molecule has 0 bridgehead atoms. The Hall–Kier alpha value is -3.90. The number of ether oxygens (including phenoxy) is 2. The van der Waals surface area contributed by atoms with Gasteiger partial charge in [0.25, 0.3) is 0 Å². The summed E-state index contributed by atoms with van der Waals surface area (Å²) in [6.45, 7) is 1.75. The SMILES string of the molecule is Cc1cc(P(=O)(O)O)c2c(c1Nc1ccccc1)C1(OC2=O)c2ccccc2Oc2ccccc21. The summed E-state index contributed by atoms with van der Waals surface area (Å²) in [6, 6.07) is 25.2. The van der Waals surface area contributed by atoms with Gasteiger partial charge in [-0.05, 0) is 42.8 Å². The first kappa shape index (κ1) is 21.6. The van der Waals surface area contributed by atoms with Crippen molar-refractivity contribution < 1.29 is 28.6 Å². The number of hydrogen-bond donors (Lipinski definition) is 3. The quantitative estimate of drug-likeness (QED) is 0.274. The molecule has 0 radical (unpaired) electrons. The molecule has 0 unspecified atom stereocenters. The summed E-state index contributed by atoms with van der Waals surface area (Å²) in [7, 11) is -4.82. The number of nitrogens with one attached hydrogen (secondary N) is 1. The van der Waals surface area contributed by atoms with Gasteiger partial charge in [-0.25, -0.2) is 4.79 Å². The Morgan fingerprint density at radius 3 is 2.03 bits per heavy atom. The number of rotatable bonds is 3. The molecule has 4 aromatic rings. The number of carbonyl (C=O) groups excluding carboxylic acids is 1. The second-order valence-corrected chi connectivity index (χ2v) is 10.1. The number of esters is 1. The van der Waals surface area contributed by atoms with E-state index < -0.39 is 19.2 Å². The molecular formula is C27H20NO6P. The van der Waals surface area contributed by atoms with Gasteiger partial charge in [0.1, 0.15) is 11.5 Å². The molecule has 7 nitrogen and oxygen atoms in total. The predicted octanol–water partition coefficient (Wildman–Crippen LogP) is 5.11. The molecule has 0 saturated heterocycles. The minimum atomic E-state index is -4.82. The van der Waals surface area contributed by atoms with Crippen LogP contribution in [-0.4, -0.2) is 15.8 Å². The molecule has 2 heterocycles. The van der Waals surface area contributed by atoms with Crippen LogP contribution in [0.25, 0.3) is 0 Å². The molecule has 1 spiro atoms. The average Bonchev–Trinajstić information content (AvgIpc) is 3.14. The first-order valence-corrected chi connectivity index (χ1v) is 12.6. The van der Waals surface area contributed by atoms with Gasteiger partial charge in [0.05, 0.1) is 16.6 Å². The summed E-state index contributed by atoms with van der Waals surface area (Å²) in [5.41, 5.74) is 1.76. The van der Waals surface area contributed by atoms with Crippen LogP contribution in [0.2, 0.25) is 0 Å². The molecular weight excluding hydrogens is 465 g/mol. The van der Waals surface area contributed by atoms with Gasteiger partial charge in [-0.15, -0.1) is 0 Å². The summed E-state index contributed by atoms with van der Waals surface area (Å²) >= 11 is 0. The maximum Gasteiger partial charge on any atom is 0.357 e. The summed E-state index contributed by atoms with van der Waals surface area (Å²) in [6.07, 6.45) is 0. The Labute approximate surface area is 201 Å². The zero-order chi connectivity index (χ0) is 24.4. The van der Waals surface area contributed by atoms with E-state index in [9.17, 15) is 19.1 Å². The summed E-state index contributed by atoms with van der Waals surface area (Å²) in [5, 5.41) is 3.02. The normalized spacial score (nSPS) is 15.0. The Morgan fingerprint density at radius 1 is 0.857 bits per heavy atom. The third-order valence-corrected chi connectivity index (χ3v) is 7.40. The van der Waals surface area contributed by atoms with Crippen molar-refractivity contribution in [3.63, 3.8) is 0 Å². The molecule has 3 N–H and O–H groups in total. The third-order valence-electron chi connectivity index (χ3n) is 6.42. The van der Waals surface area contributed by atoms with Crippen LogP contribution in [0.1, 0.15) is 32.6 Å². The van der Waals surface area contributed by atoms with E-state index in [-0.39, 0.29) is 10.9 Å². The van der Waals surface area contributed by atoms with Crippen LogP contribution in [0, 0.1) is 6.92 Å². The Bertz CT molecular complexity index is 1510. The van der Waals surface area contributed by atoms with Crippen molar-refractivity contribution in [2.24, 2.45) is 0 Å². The van der Waals surface area contributed by atoms with Crippen LogP contribution >= 0.6 is 7.60 Å². The second-order valence-electron chi connectivity index (χ2n) is 8.54. The van der Waals surface area contributed by atoms with Gasteiger partial charge in [0.15, 0.2) is 5.60 Å². The lowest BCUT2D eigenvalue weighted by atomic mass is 9.76. The monoisotopic (exact) mass is 485 g/mol. The minimum Gasteiger partial charge on any atom is -0.456 e. The van der Waals surface area contributed by atoms with E-state index in [4.69, 9.17) is 9.47 Å². The molecule has 2 aliphatic rings. The van der Waals surface area contributed by atoms with E-state index in [1.165, 1.54) is 6.07 Å². The van der Waals surface area contributed by atoms with E-state index in [1.54, 1.807) is 31.2 Å². The maximum absolute atomic E-state index is 13.5. The first-order chi connectivity index (χ1) is 16.8. The van der Waals surface area contributed by atoms with Crippen LogP contribution in [0.5, 0.6) is 11.5 Å². The number of benzene rings is 4. The lowest BCUT2D eigenvalue weighted by Gasteiger charge is -2.37. The van der Waals surface area contributed by atoms with Crippen LogP contribution in [0.4, 0.5) is 11.4 Å². The molecule has 35 heavy (non-hydrogen) atoms. The van der Waals surface area contributed by atoms with E-state index in [2.05, 4.69) is 5.32 Å². The van der Waals surface area contributed by atoms with Crippen LogP contribution in [0.15, 0.2) is 84.9 Å². The van der Waals surface area contributed by atoms with Gasteiger partial charge in [0.2, 0.25) is 0 Å². The molecule has 0 amide bonds. The fraction of sp³-hybridized carbons (Fsp3) is 0.0741. The molecule has 0 aliphatic carbocycles. The molecule has 174 valence electrons. The molecule has 0 fully saturated rings. The van der Waals surface area contributed by atoms with Gasteiger partial charge in [0, 0.05) is 22.4 Å². The predicted molar refractivity (Wildman–Crippen MR) is 131 cm³/mol. The van der Waals surface area contributed by atoms with E-state index in [1.807, 2.05) is 54.6 Å². The largest absolute Gasteiger partial charge is 0.456 e. The standard InChI is InChI=1S/C27H20NO6P/c1-16-15-22(35(30,31)32)23-24(25(16)28-17-9-3-2-4-10-17)27(34-26(23)29)18-11-5-7-13-20(18)33-21-14-8-6-12-19(21)27/h2-15,28H,1H3,(H2,30,31,32). The lowest BCUT2D eigenvalue weighted by molar-refractivity contribution is 0.0226. The van der Waals surface area contributed by atoms with Gasteiger partial charge >= 0.3 is 13.6 Å². The molecule has 8 heteroatoms. The number of para-hydroxylation sites is 3. The number of anilines is 2. The zero-order valence-corrected chi connectivity index (χ0v) is 19.5. The highest BCUT2D eigenvalue weighted by molar-refractivity contribution is 7.60. The van der Waals surface area contributed by atoms with E-state index >= 15 is 0 Å². The summed E-state index contributed by atoms with van der Waals surface area (Å²) < 4.78 is 24.9. The Balaban J connectivity index is 1.77.